The van der Waals surface area contributed by atoms with E-state index in [1.807, 2.05) is 44.2 Å². The van der Waals surface area contributed by atoms with E-state index < -0.39 is 5.54 Å². The summed E-state index contributed by atoms with van der Waals surface area (Å²) in [7, 11) is 0. The van der Waals surface area contributed by atoms with E-state index in [1.54, 1.807) is 21.9 Å². The highest BCUT2D eigenvalue weighted by atomic mass is 16.2. The molecule has 4 amide bonds. The van der Waals surface area contributed by atoms with E-state index in [0.717, 1.165) is 17.0 Å². The van der Waals surface area contributed by atoms with Crippen LogP contribution in [0.3, 0.4) is 0 Å². The van der Waals surface area contributed by atoms with Crippen molar-refractivity contribution in [1.29, 1.82) is 0 Å². The minimum atomic E-state index is -0.895. The Hall–Kier alpha value is -3.22. The van der Waals surface area contributed by atoms with Crippen LogP contribution in [0.4, 0.5) is 4.79 Å². The van der Waals surface area contributed by atoms with E-state index in [9.17, 15) is 14.4 Å². The average molecular weight is 392 g/mol. The van der Waals surface area contributed by atoms with Gasteiger partial charge in [0.1, 0.15) is 5.54 Å². The van der Waals surface area contributed by atoms with E-state index in [4.69, 9.17) is 0 Å². The van der Waals surface area contributed by atoms with E-state index in [-0.39, 0.29) is 17.8 Å². The van der Waals surface area contributed by atoms with Crippen molar-refractivity contribution in [3.63, 3.8) is 0 Å². The topological polar surface area (TPSA) is 82.6 Å². The standard InChI is InChI=1S/C22H24N4O3/c1-15-12-18(13-16(2)23-15)19(27)25-10-8-22(9-11-25)20(28)24-21(29)26(22)14-17-6-4-3-5-7-17/h3-7,12-13H,8-11,14H2,1-2H3,(H,24,28,29). The molecule has 2 aliphatic heterocycles. The number of rotatable bonds is 3. The minimum absolute atomic E-state index is 0.0622. The molecule has 0 radical (unpaired) electrons. The maximum atomic E-state index is 12.9. The van der Waals surface area contributed by atoms with Gasteiger partial charge in [-0.1, -0.05) is 30.3 Å². The number of aromatic nitrogens is 1. The molecule has 4 rings (SSSR count). The lowest BCUT2D eigenvalue weighted by Gasteiger charge is -2.42. The molecule has 3 heterocycles. The number of hydrogen-bond donors (Lipinski definition) is 1. The summed E-state index contributed by atoms with van der Waals surface area (Å²) in [5.74, 6) is -0.325. The zero-order valence-corrected chi connectivity index (χ0v) is 16.6. The van der Waals surface area contributed by atoms with Crippen LogP contribution >= 0.6 is 0 Å². The first-order valence-electron chi connectivity index (χ1n) is 9.81. The average Bonchev–Trinajstić information content (AvgIpc) is 2.92. The molecule has 29 heavy (non-hydrogen) atoms. The van der Waals surface area contributed by atoms with Crippen molar-refractivity contribution in [3.8, 4) is 0 Å². The lowest BCUT2D eigenvalue weighted by molar-refractivity contribution is -0.129. The lowest BCUT2D eigenvalue weighted by Crippen LogP contribution is -2.57. The minimum Gasteiger partial charge on any atom is -0.338 e. The van der Waals surface area contributed by atoms with Gasteiger partial charge in [-0.25, -0.2) is 4.79 Å². The van der Waals surface area contributed by atoms with Crippen LogP contribution < -0.4 is 5.32 Å². The van der Waals surface area contributed by atoms with Crippen molar-refractivity contribution in [2.75, 3.05) is 13.1 Å². The first-order valence-corrected chi connectivity index (χ1v) is 9.81. The second-order valence-corrected chi connectivity index (χ2v) is 7.79. The highest BCUT2D eigenvalue weighted by molar-refractivity contribution is 6.07. The highest BCUT2D eigenvalue weighted by Gasteiger charge is 2.54. The fraction of sp³-hybridized carbons (Fsp3) is 0.364. The number of amides is 4. The summed E-state index contributed by atoms with van der Waals surface area (Å²) in [6.07, 6.45) is 0.846. The molecule has 0 unspecified atom stereocenters. The molecule has 1 N–H and O–H groups in total. The number of imide groups is 1. The van der Waals surface area contributed by atoms with Gasteiger partial charge in [0.05, 0.1) is 0 Å². The van der Waals surface area contributed by atoms with E-state index in [2.05, 4.69) is 10.3 Å². The van der Waals surface area contributed by atoms with Crippen molar-refractivity contribution < 1.29 is 14.4 Å². The Morgan fingerprint density at radius 2 is 1.69 bits per heavy atom. The van der Waals surface area contributed by atoms with E-state index in [1.165, 1.54) is 0 Å². The van der Waals surface area contributed by atoms with Crippen LogP contribution in [0.1, 0.15) is 40.2 Å². The number of likely N-dealkylation sites (tertiary alicyclic amines) is 1. The van der Waals surface area contributed by atoms with Crippen molar-refractivity contribution >= 4 is 17.8 Å². The molecule has 7 heteroatoms. The van der Waals surface area contributed by atoms with Gasteiger partial charge in [-0.2, -0.15) is 0 Å². The summed E-state index contributed by atoms with van der Waals surface area (Å²) in [5, 5.41) is 2.47. The van der Waals surface area contributed by atoms with Gasteiger partial charge in [-0.15, -0.1) is 0 Å². The van der Waals surface area contributed by atoms with Gasteiger partial charge in [0, 0.05) is 36.6 Å². The molecule has 1 spiro atoms. The second kappa shape index (κ2) is 7.31. The van der Waals surface area contributed by atoms with Gasteiger partial charge in [0.15, 0.2) is 0 Å². The Morgan fingerprint density at radius 3 is 2.31 bits per heavy atom. The number of nitrogens with one attached hydrogen (secondary N) is 1. The summed E-state index contributed by atoms with van der Waals surface area (Å²) in [6, 6.07) is 12.8. The summed E-state index contributed by atoms with van der Waals surface area (Å²) in [6.45, 7) is 4.95. The molecule has 0 atom stereocenters. The molecular weight excluding hydrogens is 368 g/mol. The Bertz CT molecular complexity index is 945. The molecule has 0 bridgehead atoms. The Labute approximate surface area is 169 Å². The van der Waals surface area contributed by atoms with Gasteiger partial charge >= 0.3 is 6.03 Å². The molecular formula is C22H24N4O3. The third-order valence-corrected chi connectivity index (χ3v) is 5.79. The number of aryl methyl sites for hydroxylation is 2. The van der Waals surface area contributed by atoms with E-state index >= 15 is 0 Å². The third-order valence-electron chi connectivity index (χ3n) is 5.79. The van der Waals surface area contributed by atoms with Crippen LogP contribution in [0.25, 0.3) is 0 Å². The van der Waals surface area contributed by atoms with Crippen LogP contribution in [0, 0.1) is 13.8 Å². The molecule has 0 saturated carbocycles. The van der Waals surface area contributed by atoms with Crippen LogP contribution in [-0.4, -0.2) is 51.3 Å². The number of piperidine rings is 1. The number of carbonyl (C=O) groups is 3. The number of hydrogen-bond acceptors (Lipinski definition) is 4. The molecule has 2 aromatic rings. The fourth-order valence-electron chi connectivity index (χ4n) is 4.30. The molecule has 150 valence electrons. The van der Waals surface area contributed by atoms with Crippen LogP contribution in [0.5, 0.6) is 0 Å². The van der Waals surface area contributed by atoms with Crippen LogP contribution in [-0.2, 0) is 11.3 Å². The maximum absolute atomic E-state index is 12.9. The Balaban J connectivity index is 1.52. The van der Waals surface area contributed by atoms with Crippen molar-refractivity contribution in [2.24, 2.45) is 0 Å². The summed E-state index contributed by atoms with van der Waals surface area (Å²) >= 11 is 0. The number of pyridine rings is 1. The smallest absolute Gasteiger partial charge is 0.325 e. The number of carbonyl (C=O) groups excluding carboxylic acids is 3. The predicted octanol–water partition coefficient (Wildman–Crippen LogP) is 2.43. The molecule has 2 fully saturated rings. The third kappa shape index (κ3) is 3.48. The SMILES string of the molecule is Cc1cc(C(=O)N2CCC3(CC2)C(=O)NC(=O)N3Cc2ccccc2)cc(C)n1. The monoisotopic (exact) mass is 392 g/mol. The number of benzene rings is 1. The lowest BCUT2D eigenvalue weighted by atomic mass is 9.85. The van der Waals surface area contributed by atoms with E-state index in [0.29, 0.717) is 38.0 Å². The number of urea groups is 1. The molecule has 2 aliphatic rings. The Kier molecular flexibility index (Phi) is 4.82. The summed E-state index contributed by atoms with van der Waals surface area (Å²) < 4.78 is 0. The van der Waals surface area contributed by atoms with Crippen LogP contribution in [0.2, 0.25) is 0 Å². The van der Waals surface area contributed by atoms with Crippen LogP contribution in [0.15, 0.2) is 42.5 Å². The normalized spacial score (nSPS) is 18.3. The quantitative estimate of drug-likeness (QED) is 0.814. The molecule has 1 aromatic carbocycles. The molecule has 2 saturated heterocycles. The fourth-order valence-corrected chi connectivity index (χ4v) is 4.30. The van der Waals surface area contributed by atoms with Crippen molar-refractivity contribution in [1.82, 2.24) is 20.1 Å². The second-order valence-electron chi connectivity index (χ2n) is 7.79. The first-order chi connectivity index (χ1) is 13.9. The molecule has 1 aromatic heterocycles. The highest BCUT2D eigenvalue weighted by Crippen LogP contribution is 2.35. The number of nitrogens with zero attached hydrogens (tertiary/aromatic N) is 3. The van der Waals surface area contributed by atoms with Crippen molar-refractivity contribution in [3.05, 3.63) is 65.0 Å². The summed E-state index contributed by atoms with van der Waals surface area (Å²) in [4.78, 5) is 45.8. The predicted molar refractivity (Wildman–Crippen MR) is 107 cm³/mol. The molecule has 7 nitrogen and oxygen atoms in total. The van der Waals surface area contributed by atoms with Gasteiger partial charge in [0.25, 0.3) is 11.8 Å². The van der Waals surface area contributed by atoms with Gasteiger partial charge in [-0.3, -0.25) is 19.9 Å². The maximum Gasteiger partial charge on any atom is 0.325 e. The molecule has 0 aliphatic carbocycles. The zero-order valence-electron chi connectivity index (χ0n) is 16.6. The largest absolute Gasteiger partial charge is 0.338 e. The zero-order chi connectivity index (χ0) is 20.6. The Morgan fingerprint density at radius 1 is 1.07 bits per heavy atom. The van der Waals surface area contributed by atoms with Gasteiger partial charge in [0.2, 0.25) is 0 Å². The van der Waals surface area contributed by atoms with Gasteiger partial charge < -0.3 is 9.80 Å². The van der Waals surface area contributed by atoms with Gasteiger partial charge in [-0.05, 0) is 44.4 Å². The summed E-state index contributed by atoms with van der Waals surface area (Å²) in [5.41, 5.74) is 2.29. The first kappa shape index (κ1) is 19.1. The van der Waals surface area contributed by atoms with Crippen molar-refractivity contribution in [2.45, 2.75) is 38.8 Å².